The molecular weight excluding hydrogens is 372 g/mol. The zero-order valence-electron chi connectivity index (χ0n) is 16.2. The first-order valence-corrected chi connectivity index (χ1v) is 10.4. The summed E-state index contributed by atoms with van der Waals surface area (Å²) in [6.45, 7) is 4.96. The topological polar surface area (TPSA) is 67.3 Å². The highest BCUT2D eigenvalue weighted by Gasteiger charge is 2.16. The van der Waals surface area contributed by atoms with Crippen LogP contribution in [0.15, 0.2) is 29.6 Å². The first-order valence-electron chi connectivity index (χ1n) is 9.56. The van der Waals surface area contributed by atoms with E-state index < -0.39 is 0 Å². The molecule has 0 spiro atoms. The van der Waals surface area contributed by atoms with Crippen molar-refractivity contribution in [2.45, 2.75) is 32.7 Å². The van der Waals surface area contributed by atoms with E-state index in [1.54, 1.807) is 7.11 Å². The molecule has 0 atom stereocenters. The first kappa shape index (κ1) is 18.8. The van der Waals surface area contributed by atoms with Crippen molar-refractivity contribution in [1.82, 2.24) is 14.9 Å². The summed E-state index contributed by atoms with van der Waals surface area (Å²) in [4.78, 5) is 24.4. The van der Waals surface area contributed by atoms with Crippen LogP contribution >= 0.6 is 11.3 Å². The number of ether oxygens (including phenoxy) is 1. The lowest BCUT2D eigenvalue weighted by Crippen LogP contribution is -2.29. The van der Waals surface area contributed by atoms with Crippen LogP contribution in [0.5, 0.6) is 5.75 Å². The van der Waals surface area contributed by atoms with Crippen LogP contribution in [0.3, 0.4) is 0 Å². The largest absolute Gasteiger partial charge is 0.497 e. The Morgan fingerprint density at radius 3 is 2.82 bits per heavy atom. The van der Waals surface area contributed by atoms with Gasteiger partial charge in [0.25, 0.3) is 5.91 Å². The predicted octanol–water partition coefficient (Wildman–Crippen LogP) is 4.25. The van der Waals surface area contributed by atoms with Gasteiger partial charge in [0.05, 0.1) is 29.6 Å². The minimum Gasteiger partial charge on any atom is -0.497 e. The molecule has 0 bridgehead atoms. The van der Waals surface area contributed by atoms with Crippen molar-refractivity contribution in [1.29, 1.82) is 0 Å². The minimum atomic E-state index is -0.186. The number of likely N-dealkylation sites (tertiary alicyclic amines) is 1. The van der Waals surface area contributed by atoms with Crippen molar-refractivity contribution in [3.63, 3.8) is 0 Å². The fourth-order valence-electron chi connectivity index (χ4n) is 3.56. The normalized spacial score (nSPS) is 14.9. The molecule has 1 fully saturated rings. The van der Waals surface area contributed by atoms with Gasteiger partial charge in [0.2, 0.25) is 0 Å². The third-order valence-electron chi connectivity index (χ3n) is 5.06. The number of fused-ring (bicyclic) bond motifs is 1. The molecule has 0 radical (unpaired) electrons. The zero-order valence-corrected chi connectivity index (χ0v) is 17.0. The Morgan fingerprint density at radius 2 is 2.04 bits per heavy atom. The number of amides is 1. The molecule has 1 saturated heterocycles. The Labute approximate surface area is 168 Å². The van der Waals surface area contributed by atoms with Gasteiger partial charge in [-0.2, -0.15) is 0 Å². The average molecular weight is 397 g/mol. The molecule has 0 saturated carbocycles. The van der Waals surface area contributed by atoms with Crippen LogP contribution in [-0.4, -0.2) is 41.0 Å². The van der Waals surface area contributed by atoms with Crippen LogP contribution in [0.25, 0.3) is 10.9 Å². The number of nitrogens with zero attached hydrogens (tertiary/aromatic N) is 3. The molecule has 1 N–H and O–H groups in total. The van der Waals surface area contributed by atoms with Crippen molar-refractivity contribution in [3.8, 4) is 5.75 Å². The maximum atomic E-state index is 12.8. The van der Waals surface area contributed by atoms with E-state index in [4.69, 9.17) is 4.74 Å². The lowest BCUT2D eigenvalue weighted by molar-refractivity contribution is 0.102. The summed E-state index contributed by atoms with van der Waals surface area (Å²) < 4.78 is 5.27. The Balaban J connectivity index is 1.49. The number of rotatable bonds is 5. The molecule has 1 aliphatic heterocycles. The van der Waals surface area contributed by atoms with E-state index in [1.165, 1.54) is 30.6 Å². The molecule has 3 aromatic rings. The van der Waals surface area contributed by atoms with Gasteiger partial charge < -0.3 is 4.74 Å². The molecule has 3 heterocycles. The number of anilines is 1. The smallest absolute Gasteiger partial charge is 0.259 e. The molecule has 0 aliphatic carbocycles. The molecule has 7 heteroatoms. The molecule has 0 unspecified atom stereocenters. The number of benzene rings is 1. The summed E-state index contributed by atoms with van der Waals surface area (Å²) in [7, 11) is 1.63. The van der Waals surface area contributed by atoms with Gasteiger partial charge in [-0.1, -0.05) is 6.42 Å². The highest BCUT2D eigenvalue weighted by Crippen LogP contribution is 2.24. The SMILES string of the molecule is COc1ccc2nc(C)c(C(=O)Nc3nc(CN4CCCCC4)cs3)cc2c1. The Hall–Kier alpha value is -2.51. The summed E-state index contributed by atoms with van der Waals surface area (Å²) in [6.07, 6.45) is 3.83. The molecule has 2 aromatic heterocycles. The average Bonchev–Trinajstić information content (AvgIpc) is 3.14. The second-order valence-electron chi connectivity index (χ2n) is 7.11. The summed E-state index contributed by atoms with van der Waals surface area (Å²) in [6, 6.07) is 7.51. The van der Waals surface area contributed by atoms with Gasteiger partial charge in [-0.25, -0.2) is 4.98 Å². The van der Waals surface area contributed by atoms with Gasteiger partial charge in [-0.3, -0.25) is 20.0 Å². The van der Waals surface area contributed by atoms with E-state index in [9.17, 15) is 4.79 Å². The molecular formula is C21H24N4O2S. The monoisotopic (exact) mass is 396 g/mol. The number of pyridine rings is 1. The van der Waals surface area contributed by atoms with Crippen LogP contribution < -0.4 is 10.1 Å². The van der Waals surface area contributed by atoms with Gasteiger partial charge in [0.1, 0.15) is 5.75 Å². The third kappa shape index (κ3) is 4.15. The van der Waals surface area contributed by atoms with Crippen molar-refractivity contribution in [2.75, 3.05) is 25.5 Å². The number of aromatic nitrogens is 2. The number of methoxy groups -OCH3 is 1. The Kier molecular flexibility index (Phi) is 5.54. The fraction of sp³-hybridized carbons (Fsp3) is 0.381. The second kappa shape index (κ2) is 8.24. The highest BCUT2D eigenvalue weighted by molar-refractivity contribution is 7.14. The molecule has 1 aromatic carbocycles. The summed E-state index contributed by atoms with van der Waals surface area (Å²) in [5.74, 6) is 0.556. The second-order valence-corrected chi connectivity index (χ2v) is 7.97. The molecule has 6 nitrogen and oxygen atoms in total. The van der Waals surface area contributed by atoms with Crippen LogP contribution in [0.4, 0.5) is 5.13 Å². The van der Waals surface area contributed by atoms with Crippen LogP contribution in [0, 0.1) is 6.92 Å². The Bertz CT molecular complexity index is 995. The highest BCUT2D eigenvalue weighted by atomic mass is 32.1. The number of nitrogens with one attached hydrogen (secondary N) is 1. The van der Waals surface area contributed by atoms with Crippen LogP contribution in [0.1, 0.15) is 41.0 Å². The van der Waals surface area contributed by atoms with E-state index >= 15 is 0 Å². The van der Waals surface area contributed by atoms with Gasteiger partial charge in [-0.15, -0.1) is 11.3 Å². The van der Waals surface area contributed by atoms with Crippen LogP contribution in [-0.2, 0) is 6.54 Å². The zero-order chi connectivity index (χ0) is 19.5. The van der Waals surface area contributed by atoms with E-state index in [2.05, 4.69) is 20.2 Å². The van der Waals surface area contributed by atoms with Gasteiger partial charge in [-0.05, 0) is 57.1 Å². The number of hydrogen-bond donors (Lipinski definition) is 1. The quantitative estimate of drug-likeness (QED) is 0.698. The summed E-state index contributed by atoms with van der Waals surface area (Å²) in [5.41, 5.74) is 3.10. The van der Waals surface area contributed by atoms with E-state index in [1.807, 2.05) is 36.6 Å². The van der Waals surface area contributed by atoms with Gasteiger partial charge in [0.15, 0.2) is 5.13 Å². The molecule has 1 amide bonds. The third-order valence-corrected chi connectivity index (χ3v) is 5.87. The number of hydrogen-bond acceptors (Lipinski definition) is 6. The van der Waals surface area contributed by atoms with Gasteiger partial charge in [0, 0.05) is 17.3 Å². The lowest BCUT2D eigenvalue weighted by Gasteiger charge is -2.25. The number of thiazole rings is 1. The van der Waals surface area contributed by atoms with E-state index in [-0.39, 0.29) is 5.91 Å². The maximum absolute atomic E-state index is 12.8. The molecule has 146 valence electrons. The number of carbonyl (C=O) groups is 1. The van der Waals surface area contributed by atoms with Crippen LogP contribution in [0.2, 0.25) is 0 Å². The summed E-state index contributed by atoms with van der Waals surface area (Å²) >= 11 is 1.47. The van der Waals surface area contributed by atoms with Crippen molar-refractivity contribution in [2.24, 2.45) is 0 Å². The lowest BCUT2D eigenvalue weighted by atomic mass is 10.1. The number of carbonyl (C=O) groups excluding carboxylic acids is 1. The molecule has 1 aliphatic rings. The standard InChI is InChI=1S/C21H24N4O2S/c1-14-18(11-15-10-17(27-2)6-7-19(15)22-14)20(26)24-21-23-16(13-28-21)12-25-8-4-3-5-9-25/h6-7,10-11,13H,3-5,8-9,12H2,1-2H3,(H,23,24,26). The van der Waals surface area contributed by atoms with Gasteiger partial charge >= 0.3 is 0 Å². The number of aryl methyl sites for hydroxylation is 1. The summed E-state index contributed by atoms with van der Waals surface area (Å²) in [5, 5.41) is 6.46. The maximum Gasteiger partial charge on any atom is 0.259 e. The molecule has 4 rings (SSSR count). The van der Waals surface area contributed by atoms with Crippen molar-refractivity contribution < 1.29 is 9.53 Å². The van der Waals surface area contributed by atoms with E-state index in [0.717, 1.165) is 42.0 Å². The van der Waals surface area contributed by atoms with E-state index in [0.29, 0.717) is 16.4 Å². The van der Waals surface area contributed by atoms with Crippen molar-refractivity contribution >= 4 is 33.3 Å². The fourth-order valence-corrected chi connectivity index (χ4v) is 4.25. The Morgan fingerprint density at radius 1 is 1.21 bits per heavy atom. The number of piperidine rings is 1. The predicted molar refractivity (Wildman–Crippen MR) is 112 cm³/mol. The minimum absolute atomic E-state index is 0.186. The van der Waals surface area contributed by atoms with Crippen molar-refractivity contribution in [3.05, 3.63) is 46.6 Å². The molecule has 28 heavy (non-hydrogen) atoms. The first-order chi connectivity index (χ1) is 13.6.